The number of piperidine rings is 1. The molecule has 1 heterocycles. The van der Waals surface area contributed by atoms with Crippen LogP contribution in [0.4, 0.5) is 4.79 Å². The molecule has 0 unspecified atom stereocenters. The predicted molar refractivity (Wildman–Crippen MR) is 67.7 cm³/mol. The minimum atomic E-state index is -0.165. The summed E-state index contributed by atoms with van der Waals surface area (Å²) in [6.45, 7) is 5.01. The van der Waals surface area contributed by atoms with Gasteiger partial charge < -0.3 is 10.2 Å². The van der Waals surface area contributed by atoms with Crippen molar-refractivity contribution in [3.05, 3.63) is 0 Å². The number of carbonyl (C=O) groups is 2. The molecule has 0 aromatic rings. The fourth-order valence-corrected chi connectivity index (χ4v) is 2.05. The molecule has 1 saturated heterocycles. The SMILES string of the molecule is CON(C)C(=O)[C@@H]1CCCN(C(=O)NC(C)C)C1. The first-order chi connectivity index (χ1) is 8.45. The second-order valence-electron chi connectivity index (χ2n) is 4.91. The standard InChI is InChI=1S/C12H23N3O3/c1-9(2)13-12(17)15-7-5-6-10(8-15)11(16)14(3)18-4/h9-10H,5-8H2,1-4H3,(H,13,17)/t10-/m1/s1. The van der Waals surface area contributed by atoms with Crippen LogP contribution in [-0.2, 0) is 9.63 Å². The lowest BCUT2D eigenvalue weighted by molar-refractivity contribution is -0.174. The van der Waals surface area contributed by atoms with E-state index in [9.17, 15) is 9.59 Å². The Balaban J connectivity index is 2.55. The summed E-state index contributed by atoms with van der Waals surface area (Å²) in [5.41, 5.74) is 0. The first-order valence-electron chi connectivity index (χ1n) is 6.32. The summed E-state index contributed by atoms with van der Waals surface area (Å²) in [6.07, 6.45) is 1.65. The molecule has 0 saturated carbocycles. The molecule has 0 aromatic heterocycles. The highest BCUT2D eigenvalue weighted by atomic mass is 16.7. The quantitative estimate of drug-likeness (QED) is 0.762. The van der Waals surface area contributed by atoms with Crippen molar-refractivity contribution in [1.82, 2.24) is 15.3 Å². The zero-order valence-electron chi connectivity index (χ0n) is 11.6. The third-order valence-corrected chi connectivity index (χ3v) is 3.05. The number of urea groups is 1. The number of hydrogen-bond acceptors (Lipinski definition) is 3. The number of rotatable bonds is 3. The number of carbonyl (C=O) groups excluding carboxylic acids is 2. The number of hydroxylamine groups is 2. The van der Waals surface area contributed by atoms with E-state index in [0.717, 1.165) is 12.8 Å². The molecule has 0 spiro atoms. The normalized spacial score (nSPS) is 19.8. The average molecular weight is 257 g/mol. The van der Waals surface area contributed by atoms with E-state index < -0.39 is 0 Å². The van der Waals surface area contributed by atoms with Gasteiger partial charge in [0.15, 0.2) is 0 Å². The van der Waals surface area contributed by atoms with Crippen LogP contribution in [0.15, 0.2) is 0 Å². The molecular weight excluding hydrogens is 234 g/mol. The van der Waals surface area contributed by atoms with Crippen LogP contribution in [0.2, 0.25) is 0 Å². The monoisotopic (exact) mass is 257 g/mol. The van der Waals surface area contributed by atoms with Crippen LogP contribution in [-0.4, -0.2) is 55.2 Å². The minimum absolute atomic E-state index is 0.0699. The van der Waals surface area contributed by atoms with E-state index in [0.29, 0.717) is 13.1 Å². The lowest BCUT2D eigenvalue weighted by atomic mass is 9.97. The molecule has 0 bridgehead atoms. The highest BCUT2D eigenvalue weighted by Gasteiger charge is 2.30. The van der Waals surface area contributed by atoms with Crippen LogP contribution in [0.1, 0.15) is 26.7 Å². The van der Waals surface area contributed by atoms with Gasteiger partial charge in [0.05, 0.1) is 13.0 Å². The Morgan fingerprint density at radius 3 is 2.67 bits per heavy atom. The van der Waals surface area contributed by atoms with Crippen molar-refractivity contribution >= 4 is 11.9 Å². The molecule has 0 aromatic carbocycles. The van der Waals surface area contributed by atoms with Crippen molar-refractivity contribution in [3.8, 4) is 0 Å². The second-order valence-corrected chi connectivity index (χ2v) is 4.91. The molecule has 1 fully saturated rings. The van der Waals surface area contributed by atoms with Crippen molar-refractivity contribution in [1.29, 1.82) is 0 Å². The molecule has 3 amide bonds. The Bertz CT molecular complexity index is 307. The lowest BCUT2D eigenvalue weighted by Crippen LogP contribution is -2.50. The zero-order chi connectivity index (χ0) is 13.7. The van der Waals surface area contributed by atoms with Gasteiger partial charge in [0.1, 0.15) is 0 Å². The number of nitrogens with zero attached hydrogens (tertiary/aromatic N) is 2. The molecule has 6 nitrogen and oxygen atoms in total. The maximum Gasteiger partial charge on any atom is 0.317 e. The molecule has 1 N–H and O–H groups in total. The first kappa shape index (κ1) is 14.8. The smallest absolute Gasteiger partial charge is 0.317 e. The third kappa shape index (κ3) is 3.87. The van der Waals surface area contributed by atoms with Gasteiger partial charge in [0.25, 0.3) is 5.91 Å². The molecule has 6 heteroatoms. The van der Waals surface area contributed by atoms with Crippen molar-refractivity contribution in [3.63, 3.8) is 0 Å². The molecule has 1 aliphatic rings. The van der Waals surface area contributed by atoms with Crippen LogP contribution in [0.25, 0.3) is 0 Å². The van der Waals surface area contributed by atoms with Crippen LogP contribution in [0.5, 0.6) is 0 Å². The van der Waals surface area contributed by atoms with Crippen LogP contribution < -0.4 is 5.32 Å². The summed E-state index contributed by atoms with van der Waals surface area (Å²) >= 11 is 0. The summed E-state index contributed by atoms with van der Waals surface area (Å²) in [4.78, 5) is 30.4. The highest BCUT2D eigenvalue weighted by Crippen LogP contribution is 2.18. The topological polar surface area (TPSA) is 61.9 Å². The fourth-order valence-electron chi connectivity index (χ4n) is 2.05. The molecule has 104 valence electrons. The van der Waals surface area contributed by atoms with Gasteiger partial charge in [-0.2, -0.15) is 0 Å². The van der Waals surface area contributed by atoms with Gasteiger partial charge in [-0.05, 0) is 26.7 Å². The lowest BCUT2D eigenvalue weighted by Gasteiger charge is -2.33. The molecule has 0 aliphatic carbocycles. The molecule has 1 aliphatic heterocycles. The highest BCUT2D eigenvalue weighted by molar-refractivity contribution is 5.80. The summed E-state index contributed by atoms with van der Waals surface area (Å²) in [7, 11) is 3.05. The molecule has 1 rings (SSSR count). The summed E-state index contributed by atoms with van der Waals surface area (Å²) in [6, 6.07) is 0.0118. The van der Waals surface area contributed by atoms with E-state index in [1.807, 2.05) is 13.8 Å². The van der Waals surface area contributed by atoms with E-state index in [2.05, 4.69) is 5.32 Å². The van der Waals surface area contributed by atoms with Gasteiger partial charge in [-0.3, -0.25) is 9.63 Å². The van der Waals surface area contributed by atoms with Gasteiger partial charge in [-0.1, -0.05) is 0 Å². The van der Waals surface area contributed by atoms with Crippen molar-refractivity contribution in [2.45, 2.75) is 32.7 Å². The minimum Gasteiger partial charge on any atom is -0.336 e. The molecular formula is C12H23N3O3. The maximum absolute atomic E-state index is 12.0. The summed E-state index contributed by atoms with van der Waals surface area (Å²) in [5.74, 6) is -0.235. The molecule has 1 atom stereocenters. The number of likely N-dealkylation sites (tertiary alicyclic amines) is 1. The largest absolute Gasteiger partial charge is 0.336 e. The second kappa shape index (κ2) is 6.58. The average Bonchev–Trinajstić information content (AvgIpc) is 2.36. The van der Waals surface area contributed by atoms with E-state index in [-0.39, 0.29) is 23.9 Å². The first-order valence-corrected chi connectivity index (χ1v) is 6.32. The third-order valence-electron chi connectivity index (χ3n) is 3.05. The van der Waals surface area contributed by atoms with E-state index in [1.54, 1.807) is 11.9 Å². The van der Waals surface area contributed by atoms with Gasteiger partial charge in [-0.25, -0.2) is 9.86 Å². The fraction of sp³-hybridized carbons (Fsp3) is 0.833. The number of hydrogen-bond donors (Lipinski definition) is 1. The zero-order valence-corrected chi connectivity index (χ0v) is 11.6. The van der Waals surface area contributed by atoms with Gasteiger partial charge in [-0.15, -0.1) is 0 Å². The molecule has 18 heavy (non-hydrogen) atoms. The van der Waals surface area contributed by atoms with E-state index in [1.165, 1.54) is 12.2 Å². The molecule has 0 radical (unpaired) electrons. The number of nitrogens with one attached hydrogen (secondary N) is 1. The predicted octanol–water partition coefficient (Wildman–Crippen LogP) is 0.836. The Labute approximate surface area is 108 Å². The van der Waals surface area contributed by atoms with Crippen molar-refractivity contribution < 1.29 is 14.4 Å². The van der Waals surface area contributed by atoms with Crippen LogP contribution in [0, 0.1) is 5.92 Å². The Morgan fingerprint density at radius 1 is 1.44 bits per heavy atom. The number of amides is 3. The van der Waals surface area contributed by atoms with Crippen molar-refractivity contribution in [2.75, 3.05) is 27.2 Å². The summed E-state index contributed by atoms with van der Waals surface area (Å²) < 4.78 is 0. The van der Waals surface area contributed by atoms with Gasteiger partial charge in [0, 0.05) is 26.2 Å². The van der Waals surface area contributed by atoms with Crippen LogP contribution >= 0.6 is 0 Å². The Morgan fingerprint density at radius 2 is 2.11 bits per heavy atom. The van der Waals surface area contributed by atoms with Gasteiger partial charge in [0.2, 0.25) is 0 Å². The Kier molecular flexibility index (Phi) is 5.40. The Hall–Kier alpha value is -1.30. The van der Waals surface area contributed by atoms with E-state index >= 15 is 0 Å². The maximum atomic E-state index is 12.0. The summed E-state index contributed by atoms with van der Waals surface area (Å²) in [5, 5.41) is 4.08. The van der Waals surface area contributed by atoms with Gasteiger partial charge >= 0.3 is 6.03 Å². The van der Waals surface area contributed by atoms with Crippen molar-refractivity contribution in [2.24, 2.45) is 5.92 Å². The van der Waals surface area contributed by atoms with E-state index in [4.69, 9.17) is 4.84 Å². The van der Waals surface area contributed by atoms with Crippen LogP contribution in [0.3, 0.4) is 0 Å².